The molecule has 2 atom stereocenters. The van der Waals surface area contributed by atoms with Crippen LogP contribution >= 0.6 is 23.7 Å². The lowest BCUT2D eigenvalue weighted by atomic mass is 9.96. The molecule has 126 valence electrons. The highest BCUT2D eigenvalue weighted by molar-refractivity contribution is 7.15. The third-order valence-corrected chi connectivity index (χ3v) is 4.91. The van der Waals surface area contributed by atoms with Gasteiger partial charge in [0.1, 0.15) is 5.82 Å². The largest absolute Gasteiger partial charge is 0.375 e. The van der Waals surface area contributed by atoms with Crippen LogP contribution in [0.25, 0.3) is 0 Å². The second kappa shape index (κ2) is 8.06. The molecule has 7 heteroatoms. The first-order chi connectivity index (χ1) is 10.6. The van der Waals surface area contributed by atoms with E-state index < -0.39 is 0 Å². The number of hydrogen-bond acceptors (Lipinski definition) is 5. The topological polar surface area (TPSA) is 51.4 Å². The van der Waals surface area contributed by atoms with Crippen LogP contribution in [0.4, 0.5) is 9.52 Å². The molecule has 0 saturated carbocycles. The van der Waals surface area contributed by atoms with Gasteiger partial charge in [-0.25, -0.2) is 9.37 Å². The van der Waals surface area contributed by atoms with E-state index in [0.717, 1.165) is 31.6 Å². The van der Waals surface area contributed by atoms with Crippen molar-refractivity contribution < 1.29 is 9.13 Å². The number of thiazole rings is 1. The third-order valence-electron chi connectivity index (χ3n) is 4.10. The van der Waals surface area contributed by atoms with Crippen LogP contribution in [0.1, 0.15) is 29.4 Å². The Morgan fingerprint density at radius 3 is 2.78 bits per heavy atom. The van der Waals surface area contributed by atoms with E-state index in [1.54, 1.807) is 0 Å². The minimum absolute atomic E-state index is 0. The summed E-state index contributed by atoms with van der Waals surface area (Å²) in [6.45, 7) is 1.57. The van der Waals surface area contributed by atoms with Crippen molar-refractivity contribution in [2.24, 2.45) is 0 Å². The Kier molecular flexibility index (Phi) is 6.35. The van der Waals surface area contributed by atoms with Crippen molar-refractivity contribution >= 4 is 28.9 Å². The lowest BCUT2D eigenvalue weighted by Crippen LogP contribution is -2.37. The van der Waals surface area contributed by atoms with Gasteiger partial charge in [0.05, 0.1) is 6.10 Å². The summed E-state index contributed by atoms with van der Waals surface area (Å²) in [7, 11) is 2.12. The fraction of sp³-hybridized carbons (Fsp3) is 0.438. The summed E-state index contributed by atoms with van der Waals surface area (Å²) < 4.78 is 18.9. The predicted molar refractivity (Wildman–Crippen MR) is 93.4 cm³/mol. The molecule has 0 amide bonds. The Morgan fingerprint density at radius 1 is 1.39 bits per heavy atom. The molecule has 2 unspecified atom stereocenters. The van der Waals surface area contributed by atoms with E-state index in [4.69, 9.17) is 10.5 Å². The monoisotopic (exact) mass is 357 g/mol. The molecular formula is C16H21ClFN3OS. The smallest absolute Gasteiger partial charge is 0.180 e. The van der Waals surface area contributed by atoms with Gasteiger partial charge in [0.2, 0.25) is 0 Å². The average Bonchev–Trinajstić information content (AvgIpc) is 2.93. The van der Waals surface area contributed by atoms with Gasteiger partial charge in [0, 0.05) is 30.3 Å². The van der Waals surface area contributed by atoms with Crippen molar-refractivity contribution in [3.63, 3.8) is 0 Å². The van der Waals surface area contributed by atoms with Crippen LogP contribution < -0.4 is 5.73 Å². The highest BCUT2D eigenvalue weighted by Crippen LogP contribution is 2.31. The standard InChI is InChI=1S/C16H20FN3OS.ClH/c1-20(10-14-9-19-16(18)22-14)13-6-7-21-15(8-13)11-2-4-12(17)5-3-11;/h2-5,9,13,15H,6-8,10H2,1H3,(H2,18,19);1H. The molecule has 4 nitrogen and oxygen atoms in total. The van der Waals surface area contributed by atoms with Crippen molar-refractivity contribution in [2.75, 3.05) is 19.4 Å². The molecule has 1 aromatic heterocycles. The van der Waals surface area contributed by atoms with E-state index in [1.165, 1.54) is 28.3 Å². The van der Waals surface area contributed by atoms with E-state index in [1.807, 2.05) is 18.3 Å². The maximum absolute atomic E-state index is 13.0. The lowest BCUT2D eigenvalue weighted by molar-refractivity contribution is -0.0248. The first-order valence-corrected chi connectivity index (χ1v) is 8.21. The van der Waals surface area contributed by atoms with Crippen LogP contribution in [0, 0.1) is 5.82 Å². The van der Waals surface area contributed by atoms with Gasteiger partial charge in [-0.05, 0) is 37.6 Å². The van der Waals surface area contributed by atoms with Gasteiger partial charge in [-0.2, -0.15) is 0 Å². The number of nitrogens with zero attached hydrogens (tertiary/aromatic N) is 2. The summed E-state index contributed by atoms with van der Waals surface area (Å²) in [6, 6.07) is 7.05. The Hall–Kier alpha value is -1.21. The maximum atomic E-state index is 13.0. The van der Waals surface area contributed by atoms with E-state index in [2.05, 4.69) is 16.9 Å². The second-order valence-electron chi connectivity index (χ2n) is 5.67. The Bertz CT molecular complexity index is 622. The molecule has 1 aliphatic rings. The van der Waals surface area contributed by atoms with E-state index in [9.17, 15) is 4.39 Å². The van der Waals surface area contributed by atoms with Gasteiger partial charge < -0.3 is 10.5 Å². The minimum Gasteiger partial charge on any atom is -0.375 e. The lowest BCUT2D eigenvalue weighted by Gasteiger charge is -2.35. The van der Waals surface area contributed by atoms with Crippen LogP contribution in [0.15, 0.2) is 30.5 Å². The molecule has 2 aromatic rings. The predicted octanol–water partition coefficient (Wildman–Crippen LogP) is 3.64. The summed E-state index contributed by atoms with van der Waals surface area (Å²) >= 11 is 1.53. The molecule has 0 spiro atoms. The minimum atomic E-state index is -0.212. The maximum Gasteiger partial charge on any atom is 0.180 e. The first kappa shape index (κ1) is 18.1. The number of hydrogen-bond donors (Lipinski definition) is 1. The van der Waals surface area contributed by atoms with Crippen LogP contribution in [-0.4, -0.2) is 29.6 Å². The van der Waals surface area contributed by atoms with Gasteiger partial charge >= 0.3 is 0 Å². The molecule has 1 saturated heterocycles. The highest BCUT2D eigenvalue weighted by Gasteiger charge is 2.26. The van der Waals surface area contributed by atoms with Crippen molar-refractivity contribution in [3.8, 4) is 0 Å². The van der Waals surface area contributed by atoms with Gasteiger partial charge in [0.15, 0.2) is 5.13 Å². The number of ether oxygens (including phenoxy) is 1. The van der Waals surface area contributed by atoms with Gasteiger partial charge in [-0.15, -0.1) is 23.7 Å². The zero-order valence-electron chi connectivity index (χ0n) is 12.9. The molecule has 3 rings (SSSR count). The van der Waals surface area contributed by atoms with Gasteiger partial charge in [0.25, 0.3) is 0 Å². The van der Waals surface area contributed by atoms with Crippen LogP contribution in [0.2, 0.25) is 0 Å². The first-order valence-electron chi connectivity index (χ1n) is 7.39. The summed E-state index contributed by atoms with van der Waals surface area (Å²) in [6.07, 6.45) is 3.79. The quantitative estimate of drug-likeness (QED) is 0.907. The van der Waals surface area contributed by atoms with Crippen LogP contribution in [0.3, 0.4) is 0 Å². The number of nitrogens with two attached hydrogens (primary N) is 1. The zero-order chi connectivity index (χ0) is 15.5. The number of rotatable bonds is 4. The molecule has 1 aliphatic heterocycles. The number of benzene rings is 1. The number of halogens is 2. The molecule has 1 aromatic carbocycles. The third kappa shape index (κ3) is 4.64. The van der Waals surface area contributed by atoms with Crippen LogP contribution in [0.5, 0.6) is 0 Å². The number of anilines is 1. The van der Waals surface area contributed by atoms with Crippen molar-refractivity contribution in [2.45, 2.75) is 31.5 Å². The fourth-order valence-electron chi connectivity index (χ4n) is 2.86. The molecule has 0 bridgehead atoms. The normalized spacial score (nSPS) is 21.2. The second-order valence-corrected chi connectivity index (χ2v) is 6.82. The molecule has 2 N–H and O–H groups in total. The Balaban J connectivity index is 0.00000192. The Morgan fingerprint density at radius 2 is 2.13 bits per heavy atom. The molecule has 1 fully saturated rings. The van der Waals surface area contributed by atoms with Crippen molar-refractivity contribution in [1.82, 2.24) is 9.88 Å². The molecule has 23 heavy (non-hydrogen) atoms. The average molecular weight is 358 g/mol. The van der Waals surface area contributed by atoms with Gasteiger partial charge in [-0.1, -0.05) is 12.1 Å². The van der Waals surface area contributed by atoms with E-state index in [-0.39, 0.29) is 24.3 Å². The summed E-state index contributed by atoms with van der Waals surface area (Å²) in [5.41, 5.74) is 6.72. The SMILES string of the molecule is CN(Cc1cnc(N)s1)C1CCOC(c2ccc(F)cc2)C1.Cl. The van der Waals surface area contributed by atoms with E-state index >= 15 is 0 Å². The van der Waals surface area contributed by atoms with Crippen molar-refractivity contribution in [1.29, 1.82) is 0 Å². The summed E-state index contributed by atoms with van der Waals surface area (Å²) in [4.78, 5) is 7.59. The molecule has 0 aliphatic carbocycles. The number of nitrogen functional groups attached to an aromatic ring is 1. The highest BCUT2D eigenvalue weighted by atomic mass is 35.5. The van der Waals surface area contributed by atoms with Crippen molar-refractivity contribution in [3.05, 3.63) is 46.7 Å². The summed E-state index contributed by atoms with van der Waals surface area (Å²) in [5.74, 6) is -0.212. The molecule has 0 radical (unpaired) electrons. The Labute approximate surface area is 145 Å². The molecular weight excluding hydrogens is 337 g/mol. The van der Waals surface area contributed by atoms with Gasteiger partial charge in [-0.3, -0.25) is 4.90 Å². The zero-order valence-corrected chi connectivity index (χ0v) is 14.6. The molecule has 2 heterocycles. The number of aromatic nitrogens is 1. The van der Waals surface area contributed by atoms with Crippen LogP contribution in [-0.2, 0) is 11.3 Å². The van der Waals surface area contributed by atoms with E-state index in [0.29, 0.717) is 11.2 Å². The fourth-order valence-corrected chi connectivity index (χ4v) is 3.61. The summed E-state index contributed by atoms with van der Waals surface area (Å²) in [5, 5.41) is 0.611.